The van der Waals surface area contributed by atoms with E-state index in [9.17, 15) is 4.79 Å². The lowest BCUT2D eigenvalue weighted by atomic mass is 9.98. The summed E-state index contributed by atoms with van der Waals surface area (Å²) in [6.07, 6.45) is 14.2. The highest BCUT2D eigenvalue weighted by Gasteiger charge is 2.20. The van der Waals surface area contributed by atoms with Crippen molar-refractivity contribution in [2.45, 2.75) is 77.4 Å². The Bertz CT molecular complexity index is 537. The van der Waals surface area contributed by atoms with E-state index in [4.69, 9.17) is 4.74 Å². The van der Waals surface area contributed by atoms with Crippen LogP contribution in [-0.2, 0) is 4.74 Å². The van der Waals surface area contributed by atoms with Crippen LogP contribution in [0, 0.1) is 0 Å². The quantitative estimate of drug-likeness (QED) is 0.772. The van der Waals surface area contributed by atoms with Gasteiger partial charge in [0.15, 0.2) is 0 Å². The van der Waals surface area contributed by atoms with Crippen LogP contribution in [-0.4, -0.2) is 42.3 Å². The van der Waals surface area contributed by atoms with Gasteiger partial charge in [0.2, 0.25) is 0 Å². The van der Waals surface area contributed by atoms with Gasteiger partial charge in [0.05, 0.1) is 0 Å². The normalized spacial score (nSPS) is 26.5. The van der Waals surface area contributed by atoms with Crippen molar-refractivity contribution in [1.82, 2.24) is 10.2 Å². The highest BCUT2D eigenvalue weighted by molar-refractivity contribution is 5.68. The first-order valence-electron chi connectivity index (χ1n) is 10.1. The third kappa shape index (κ3) is 8.22. The average Bonchev–Trinajstić information content (AvgIpc) is 2.55. The maximum Gasteiger partial charge on any atom is 0.407 e. The minimum absolute atomic E-state index is 0.0824. The van der Waals surface area contributed by atoms with E-state index in [-0.39, 0.29) is 12.1 Å². The van der Waals surface area contributed by atoms with Gasteiger partial charge in [0.25, 0.3) is 0 Å². The van der Waals surface area contributed by atoms with Crippen molar-refractivity contribution in [2.75, 3.05) is 19.6 Å². The first-order chi connectivity index (χ1) is 12.3. The Labute approximate surface area is 159 Å². The van der Waals surface area contributed by atoms with E-state index in [0.29, 0.717) is 0 Å². The number of carbonyl (C=O) groups excluding carboxylic acids is 1. The summed E-state index contributed by atoms with van der Waals surface area (Å²) < 4.78 is 5.39. The number of alkyl carbamates (subject to hydrolysis) is 1. The van der Waals surface area contributed by atoms with Gasteiger partial charge < -0.3 is 10.1 Å². The summed E-state index contributed by atoms with van der Waals surface area (Å²) in [5.41, 5.74) is 1.98. The number of piperidine rings is 1. The zero-order valence-corrected chi connectivity index (χ0v) is 16.9. The van der Waals surface area contributed by atoms with Crippen molar-refractivity contribution >= 4 is 6.09 Å². The Hall–Kier alpha value is -1.55. The van der Waals surface area contributed by atoms with Crippen molar-refractivity contribution in [3.8, 4) is 0 Å². The molecule has 1 atom stereocenters. The Morgan fingerprint density at radius 1 is 1.23 bits per heavy atom. The van der Waals surface area contributed by atoms with Gasteiger partial charge in [-0.1, -0.05) is 36.8 Å². The van der Waals surface area contributed by atoms with Gasteiger partial charge in [-0.05, 0) is 78.0 Å². The van der Waals surface area contributed by atoms with E-state index in [2.05, 4.69) is 35.0 Å². The third-order valence-corrected chi connectivity index (χ3v) is 4.78. The summed E-state index contributed by atoms with van der Waals surface area (Å²) in [6.45, 7) is 13.3. The molecule has 1 amide bonds. The Balaban J connectivity index is 1.89. The first kappa shape index (κ1) is 20.8. The molecule has 0 aromatic heterocycles. The van der Waals surface area contributed by atoms with E-state index in [1.165, 1.54) is 37.9 Å². The topological polar surface area (TPSA) is 41.6 Å². The molecule has 4 heteroatoms. The molecule has 0 bridgehead atoms. The fourth-order valence-electron chi connectivity index (χ4n) is 3.52. The molecule has 4 nitrogen and oxygen atoms in total. The Morgan fingerprint density at radius 3 is 2.65 bits per heavy atom. The predicted octanol–water partition coefficient (Wildman–Crippen LogP) is 4.98. The van der Waals surface area contributed by atoms with Crippen LogP contribution in [0.4, 0.5) is 4.79 Å². The highest BCUT2D eigenvalue weighted by atomic mass is 16.6. The van der Waals surface area contributed by atoms with Crippen LogP contribution in [0.2, 0.25) is 0 Å². The van der Waals surface area contributed by atoms with E-state index >= 15 is 0 Å². The molecule has 0 radical (unpaired) electrons. The van der Waals surface area contributed by atoms with Gasteiger partial charge in [-0.2, -0.15) is 0 Å². The molecular formula is C22H36N2O2. The summed E-state index contributed by atoms with van der Waals surface area (Å²) in [6, 6.07) is 0.0824. The second kappa shape index (κ2) is 9.96. The van der Waals surface area contributed by atoms with Gasteiger partial charge in [0, 0.05) is 12.6 Å². The number of amides is 1. The highest BCUT2D eigenvalue weighted by Crippen LogP contribution is 2.18. The lowest BCUT2D eigenvalue weighted by molar-refractivity contribution is 0.0501. The Morgan fingerprint density at radius 2 is 1.96 bits per heavy atom. The zero-order valence-electron chi connectivity index (χ0n) is 16.9. The lowest BCUT2D eigenvalue weighted by Crippen LogP contribution is -2.39. The molecule has 1 heterocycles. The third-order valence-electron chi connectivity index (χ3n) is 4.78. The fourth-order valence-corrected chi connectivity index (χ4v) is 3.52. The van der Waals surface area contributed by atoms with Crippen LogP contribution in [0.1, 0.15) is 65.7 Å². The van der Waals surface area contributed by atoms with Gasteiger partial charge >= 0.3 is 6.09 Å². The summed E-state index contributed by atoms with van der Waals surface area (Å²) in [4.78, 5) is 14.6. The average molecular weight is 361 g/mol. The van der Waals surface area contributed by atoms with Crippen molar-refractivity contribution < 1.29 is 9.53 Å². The summed E-state index contributed by atoms with van der Waals surface area (Å²) >= 11 is 0. The summed E-state index contributed by atoms with van der Waals surface area (Å²) in [7, 11) is 0. The number of nitrogens with one attached hydrogen (secondary N) is 1. The number of hydrogen-bond acceptors (Lipinski definition) is 3. The van der Waals surface area contributed by atoms with E-state index in [1.807, 2.05) is 20.8 Å². The lowest BCUT2D eigenvalue weighted by Gasteiger charge is -2.27. The van der Waals surface area contributed by atoms with Crippen molar-refractivity contribution in [3.63, 3.8) is 0 Å². The number of nitrogens with zero attached hydrogens (tertiary/aromatic N) is 1. The molecule has 0 aromatic rings. The van der Waals surface area contributed by atoms with Gasteiger partial charge in [-0.25, -0.2) is 4.79 Å². The number of likely N-dealkylation sites (tertiary alicyclic amines) is 1. The number of allylic oxidation sites excluding steroid dienone is 2. The minimum atomic E-state index is -0.469. The van der Waals surface area contributed by atoms with E-state index in [0.717, 1.165) is 37.8 Å². The molecule has 0 aromatic carbocycles. The summed E-state index contributed by atoms with van der Waals surface area (Å²) in [5, 5.41) is 3.01. The largest absolute Gasteiger partial charge is 0.444 e. The summed E-state index contributed by atoms with van der Waals surface area (Å²) in [5.74, 6) is 0. The van der Waals surface area contributed by atoms with Crippen LogP contribution in [0.3, 0.4) is 0 Å². The number of carbonyl (C=O) groups is 1. The zero-order chi connectivity index (χ0) is 19.0. The molecule has 1 unspecified atom stereocenters. The molecule has 0 spiro atoms. The van der Waals surface area contributed by atoms with Gasteiger partial charge in [-0.15, -0.1) is 0 Å². The molecule has 2 aliphatic rings. The maximum absolute atomic E-state index is 12.1. The Kier molecular flexibility index (Phi) is 7.95. The molecule has 1 aliphatic heterocycles. The molecule has 1 N–H and O–H groups in total. The van der Waals surface area contributed by atoms with Crippen LogP contribution in [0.5, 0.6) is 0 Å². The predicted molar refractivity (Wildman–Crippen MR) is 108 cm³/mol. The molecule has 146 valence electrons. The minimum Gasteiger partial charge on any atom is -0.444 e. The molecule has 1 saturated heterocycles. The first-order valence-corrected chi connectivity index (χ1v) is 10.1. The van der Waals surface area contributed by atoms with Crippen LogP contribution >= 0.6 is 0 Å². The molecular weight excluding hydrogens is 324 g/mol. The van der Waals surface area contributed by atoms with Crippen LogP contribution in [0.15, 0.2) is 36.0 Å². The SMILES string of the molecule is C=C1/C=C\C(CN2CCCCC2)=C/CCCC(NC(=O)OC(C)(C)C)C1. The van der Waals surface area contributed by atoms with E-state index in [1.54, 1.807) is 0 Å². The van der Waals surface area contributed by atoms with Crippen LogP contribution in [0.25, 0.3) is 0 Å². The van der Waals surface area contributed by atoms with Crippen LogP contribution < -0.4 is 5.32 Å². The van der Waals surface area contributed by atoms with Crippen molar-refractivity contribution in [3.05, 3.63) is 36.0 Å². The molecule has 0 saturated carbocycles. The van der Waals surface area contributed by atoms with Crippen molar-refractivity contribution in [2.24, 2.45) is 0 Å². The molecule has 2 rings (SSSR count). The maximum atomic E-state index is 12.1. The monoisotopic (exact) mass is 360 g/mol. The van der Waals surface area contributed by atoms with Crippen molar-refractivity contribution in [1.29, 1.82) is 0 Å². The van der Waals surface area contributed by atoms with E-state index < -0.39 is 5.60 Å². The molecule has 26 heavy (non-hydrogen) atoms. The molecule has 1 aliphatic carbocycles. The van der Waals surface area contributed by atoms with Gasteiger partial charge in [0.1, 0.15) is 5.60 Å². The standard InChI is InChI=1S/C22H36N2O2/c1-18-12-13-19(17-24-14-8-5-9-15-24)10-6-7-11-20(16-18)23-21(25)26-22(2,3)4/h10,12-13,20H,1,5-9,11,14-17H2,2-4H3,(H,23,25)/b13-12-,19-10+. The number of ether oxygens (including phenoxy) is 1. The second-order valence-electron chi connectivity index (χ2n) is 8.59. The fraction of sp³-hybridized carbons (Fsp3) is 0.682. The number of rotatable bonds is 3. The van der Waals surface area contributed by atoms with Gasteiger partial charge in [-0.3, -0.25) is 4.90 Å². The number of hydrogen-bond donors (Lipinski definition) is 1. The smallest absolute Gasteiger partial charge is 0.407 e. The molecule has 1 fully saturated rings. The second-order valence-corrected chi connectivity index (χ2v) is 8.59.